The summed E-state index contributed by atoms with van der Waals surface area (Å²) in [5.74, 6) is 0. The molecule has 2 aromatic carbocycles. The fraction of sp³-hybridized carbons (Fsp3) is 0.294. The van der Waals surface area contributed by atoms with Crippen molar-refractivity contribution in [1.82, 2.24) is 0 Å². The number of nitrogens with two attached hydrogens (primary N) is 1. The number of rotatable bonds is 3. The zero-order valence-electron chi connectivity index (χ0n) is 11.9. The first-order valence-corrected chi connectivity index (χ1v) is 8.17. The van der Waals surface area contributed by atoms with E-state index in [1.807, 2.05) is 24.3 Å². The van der Waals surface area contributed by atoms with Crippen LogP contribution in [0.1, 0.15) is 17.2 Å². The van der Waals surface area contributed by atoms with E-state index in [2.05, 4.69) is 29.6 Å². The maximum absolute atomic E-state index is 6.04. The number of quaternary nitrogens is 2. The van der Waals surface area contributed by atoms with Gasteiger partial charge in [0.25, 0.3) is 0 Å². The zero-order chi connectivity index (χ0) is 14.7. The predicted octanol–water partition coefficient (Wildman–Crippen LogP) is 1.54. The minimum Gasteiger partial charge on any atom is -0.337 e. The quantitative estimate of drug-likeness (QED) is 0.855. The average molecular weight is 323 g/mol. The third kappa shape index (κ3) is 3.58. The summed E-state index contributed by atoms with van der Waals surface area (Å²) in [5.41, 5.74) is 2.64. The highest BCUT2D eigenvalue weighted by Crippen LogP contribution is 2.22. The van der Waals surface area contributed by atoms with Gasteiger partial charge in [-0.3, -0.25) is 0 Å². The van der Waals surface area contributed by atoms with E-state index in [1.54, 1.807) is 4.90 Å². The second kappa shape index (κ2) is 6.80. The average Bonchev–Trinajstić information content (AvgIpc) is 2.52. The van der Waals surface area contributed by atoms with E-state index in [0.717, 1.165) is 10.0 Å². The van der Waals surface area contributed by atoms with Crippen LogP contribution < -0.4 is 10.2 Å². The molecular formula is C17H20Cl2N2+2. The van der Waals surface area contributed by atoms with E-state index in [1.165, 1.54) is 37.3 Å². The standard InChI is InChI=1S/C17H18Cl2N2/c18-15-5-1-13(2-6-15)17(21-11-9-20-10-12-21)14-3-7-16(19)8-4-14/h1-8,17,20H,9-12H2/p+2. The first-order chi connectivity index (χ1) is 10.2. The fourth-order valence-electron chi connectivity index (χ4n) is 3.11. The van der Waals surface area contributed by atoms with Gasteiger partial charge in [0.2, 0.25) is 0 Å². The Morgan fingerprint density at radius 1 is 0.762 bits per heavy atom. The fourth-order valence-corrected chi connectivity index (χ4v) is 3.36. The van der Waals surface area contributed by atoms with Crippen LogP contribution in [0.3, 0.4) is 0 Å². The Morgan fingerprint density at radius 3 is 1.62 bits per heavy atom. The topological polar surface area (TPSA) is 21.1 Å². The molecule has 0 amide bonds. The summed E-state index contributed by atoms with van der Waals surface area (Å²) in [6.07, 6.45) is 0. The molecule has 0 radical (unpaired) electrons. The number of hydrogen-bond donors (Lipinski definition) is 2. The van der Waals surface area contributed by atoms with Crippen LogP contribution in [-0.2, 0) is 0 Å². The minimum atomic E-state index is 0.355. The number of piperazine rings is 1. The predicted molar refractivity (Wildman–Crippen MR) is 87.1 cm³/mol. The summed E-state index contributed by atoms with van der Waals surface area (Å²) in [7, 11) is 0. The van der Waals surface area contributed by atoms with Crippen LogP contribution in [0.4, 0.5) is 0 Å². The molecule has 1 heterocycles. The highest BCUT2D eigenvalue weighted by Gasteiger charge is 2.28. The van der Waals surface area contributed by atoms with Crippen LogP contribution >= 0.6 is 23.2 Å². The molecule has 0 bridgehead atoms. The second-order valence-corrected chi connectivity index (χ2v) is 6.43. The number of halogens is 2. The summed E-state index contributed by atoms with van der Waals surface area (Å²) in [6, 6.07) is 16.9. The van der Waals surface area contributed by atoms with Crippen molar-refractivity contribution in [3.8, 4) is 0 Å². The van der Waals surface area contributed by atoms with Crippen LogP contribution in [0.25, 0.3) is 0 Å². The molecule has 0 aromatic heterocycles. The molecule has 0 atom stereocenters. The van der Waals surface area contributed by atoms with Crippen molar-refractivity contribution in [1.29, 1.82) is 0 Å². The van der Waals surface area contributed by atoms with E-state index in [4.69, 9.17) is 23.2 Å². The van der Waals surface area contributed by atoms with Crippen LogP contribution in [0.15, 0.2) is 48.5 Å². The van der Waals surface area contributed by atoms with Gasteiger partial charge in [0.15, 0.2) is 0 Å². The molecule has 0 saturated carbocycles. The maximum Gasteiger partial charge on any atom is 0.139 e. The Hall–Kier alpha value is -1.06. The molecule has 1 aliphatic heterocycles. The van der Waals surface area contributed by atoms with E-state index in [-0.39, 0.29) is 0 Å². The van der Waals surface area contributed by atoms with Gasteiger partial charge in [0.05, 0.1) is 0 Å². The largest absolute Gasteiger partial charge is 0.337 e. The summed E-state index contributed by atoms with van der Waals surface area (Å²) in [5, 5.41) is 3.97. The Kier molecular flexibility index (Phi) is 4.81. The third-order valence-electron chi connectivity index (χ3n) is 4.15. The van der Waals surface area contributed by atoms with E-state index < -0.39 is 0 Å². The first-order valence-electron chi connectivity index (χ1n) is 7.41. The van der Waals surface area contributed by atoms with Crippen molar-refractivity contribution in [2.75, 3.05) is 26.2 Å². The van der Waals surface area contributed by atoms with Gasteiger partial charge in [-0.25, -0.2) is 0 Å². The first kappa shape index (κ1) is 14.9. The van der Waals surface area contributed by atoms with Gasteiger partial charge < -0.3 is 10.2 Å². The van der Waals surface area contributed by atoms with Gasteiger partial charge in [0.1, 0.15) is 32.2 Å². The molecule has 3 N–H and O–H groups in total. The molecule has 0 aliphatic carbocycles. The molecule has 21 heavy (non-hydrogen) atoms. The molecule has 3 rings (SSSR count). The molecule has 0 unspecified atom stereocenters. The summed E-state index contributed by atoms with van der Waals surface area (Å²) in [6.45, 7) is 4.73. The van der Waals surface area contributed by atoms with Gasteiger partial charge in [-0.05, 0) is 24.3 Å². The smallest absolute Gasteiger partial charge is 0.139 e. The van der Waals surface area contributed by atoms with Crippen LogP contribution in [0.5, 0.6) is 0 Å². The Balaban J connectivity index is 1.97. The minimum absolute atomic E-state index is 0.355. The summed E-state index contributed by atoms with van der Waals surface area (Å²) in [4.78, 5) is 1.61. The van der Waals surface area contributed by atoms with Gasteiger partial charge >= 0.3 is 0 Å². The van der Waals surface area contributed by atoms with Crippen molar-refractivity contribution < 1.29 is 10.2 Å². The van der Waals surface area contributed by atoms with Crippen molar-refractivity contribution >= 4 is 23.2 Å². The molecule has 1 aliphatic rings. The van der Waals surface area contributed by atoms with Crippen molar-refractivity contribution in [2.24, 2.45) is 0 Å². The highest BCUT2D eigenvalue weighted by atomic mass is 35.5. The third-order valence-corrected chi connectivity index (χ3v) is 4.66. The maximum atomic E-state index is 6.04. The summed E-state index contributed by atoms with van der Waals surface area (Å²) < 4.78 is 0. The van der Waals surface area contributed by atoms with E-state index in [9.17, 15) is 0 Å². The monoisotopic (exact) mass is 322 g/mol. The molecule has 2 nitrogen and oxygen atoms in total. The van der Waals surface area contributed by atoms with Crippen LogP contribution in [-0.4, -0.2) is 26.2 Å². The van der Waals surface area contributed by atoms with Gasteiger partial charge in [-0.2, -0.15) is 0 Å². The molecule has 110 valence electrons. The van der Waals surface area contributed by atoms with Crippen LogP contribution in [0, 0.1) is 0 Å². The lowest BCUT2D eigenvalue weighted by atomic mass is 9.96. The summed E-state index contributed by atoms with van der Waals surface area (Å²) >= 11 is 12.1. The van der Waals surface area contributed by atoms with Crippen molar-refractivity contribution in [2.45, 2.75) is 6.04 Å². The molecular weight excluding hydrogens is 303 g/mol. The Morgan fingerprint density at radius 2 is 1.19 bits per heavy atom. The highest BCUT2D eigenvalue weighted by molar-refractivity contribution is 6.30. The SMILES string of the molecule is Clc1ccc(C(c2ccc(Cl)cc2)[NH+]2CC[NH2+]CC2)cc1. The molecule has 0 spiro atoms. The second-order valence-electron chi connectivity index (χ2n) is 5.56. The number of nitrogens with one attached hydrogen (secondary N) is 1. The normalized spacial score (nSPS) is 16.3. The Labute approximate surface area is 135 Å². The number of benzene rings is 2. The molecule has 4 heteroatoms. The van der Waals surface area contributed by atoms with E-state index >= 15 is 0 Å². The lowest BCUT2D eigenvalue weighted by molar-refractivity contribution is -0.967. The molecule has 1 fully saturated rings. The van der Waals surface area contributed by atoms with Gasteiger partial charge in [-0.15, -0.1) is 0 Å². The van der Waals surface area contributed by atoms with Crippen molar-refractivity contribution in [3.63, 3.8) is 0 Å². The van der Waals surface area contributed by atoms with Gasteiger partial charge in [-0.1, -0.05) is 47.5 Å². The lowest BCUT2D eigenvalue weighted by Gasteiger charge is -2.31. The van der Waals surface area contributed by atoms with Crippen LogP contribution in [0.2, 0.25) is 10.0 Å². The van der Waals surface area contributed by atoms with Gasteiger partial charge in [0, 0.05) is 21.2 Å². The molecule has 1 saturated heterocycles. The molecule has 2 aromatic rings. The zero-order valence-corrected chi connectivity index (χ0v) is 13.4. The van der Waals surface area contributed by atoms with E-state index in [0.29, 0.717) is 6.04 Å². The number of hydrogen-bond acceptors (Lipinski definition) is 0. The van der Waals surface area contributed by atoms with Crippen molar-refractivity contribution in [3.05, 3.63) is 69.7 Å². The Bertz CT molecular complexity index is 529. The lowest BCUT2D eigenvalue weighted by Crippen LogP contribution is -3.20.